The molecule has 0 radical (unpaired) electrons. The number of nitrogens with one attached hydrogen (secondary N) is 1. The molecule has 1 amide bonds. The van der Waals surface area contributed by atoms with Crippen LogP contribution in [0.15, 0.2) is 72.9 Å². The molecule has 2 unspecified atom stereocenters. The first kappa shape index (κ1) is 25.4. The smallest absolute Gasteiger partial charge is 0.251 e. The van der Waals surface area contributed by atoms with Crippen LogP contribution in [-0.4, -0.2) is 26.2 Å². The highest BCUT2D eigenvalue weighted by Crippen LogP contribution is 2.35. The van der Waals surface area contributed by atoms with Crippen molar-refractivity contribution in [3.05, 3.63) is 89.1 Å². The number of pyridine rings is 1. The zero-order chi connectivity index (χ0) is 25.1. The molecule has 35 heavy (non-hydrogen) atoms. The standard InChI is InChI=1S/C28H26ClIN2O3/c1-16(2)25(27(30)33)32-28(34)19-8-5-10-21(14-19)35-20-9-4-7-18(13-20)24-17(3)15-31-26-22(24)11-6-12-23(26)29/h4-16,25,27,33H,1-3H3,(H,32,34). The SMILES string of the molecule is Cc1cnc2c(Cl)cccc2c1-c1cccc(Oc2cccc(C(=O)NC(C(C)C)C(O)I)c2)c1. The van der Waals surface area contributed by atoms with Crippen LogP contribution in [0.3, 0.4) is 0 Å². The lowest BCUT2D eigenvalue weighted by molar-refractivity contribution is 0.0887. The number of fused-ring (bicyclic) bond motifs is 1. The summed E-state index contributed by atoms with van der Waals surface area (Å²) in [6, 6.07) is 20.3. The zero-order valence-corrected chi connectivity index (χ0v) is 22.5. The van der Waals surface area contributed by atoms with Crippen molar-refractivity contribution in [3.63, 3.8) is 0 Å². The molecule has 0 aliphatic carbocycles. The number of benzene rings is 3. The molecule has 0 saturated heterocycles. The fourth-order valence-electron chi connectivity index (χ4n) is 4.01. The number of halogens is 2. The van der Waals surface area contributed by atoms with Gasteiger partial charge in [-0.25, -0.2) is 0 Å². The molecule has 0 aliphatic rings. The molecule has 0 aliphatic heterocycles. The van der Waals surface area contributed by atoms with Crippen LogP contribution in [0.25, 0.3) is 22.0 Å². The highest BCUT2D eigenvalue weighted by atomic mass is 127. The topological polar surface area (TPSA) is 71.5 Å². The van der Waals surface area contributed by atoms with Gasteiger partial charge in [0.25, 0.3) is 5.91 Å². The minimum atomic E-state index is -0.679. The predicted octanol–water partition coefficient (Wildman–Crippen LogP) is 7.16. The molecule has 5 nitrogen and oxygen atoms in total. The van der Waals surface area contributed by atoms with Gasteiger partial charge in [0.2, 0.25) is 0 Å². The van der Waals surface area contributed by atoms with Crippen molar-refractivity contribution in [1.29, 1.82) is 0 Å². The van der Waals surface area contributed by atoms with E-state index in [2.05, 4.69) is 10.3 Å². The minimum Gasteiger partial charge on any atom is -0.457 e. The molecular weight excluding hydrogens is 575 g/mol. The highest BCUT2D eigenvalue weighted by molar-refractivity contribution is 14.1. The van der Waals surface area contributed by atoms with Gasteiger partial charge in [0.15, 0.2) is 0 Å². The summed E-state index contributed by atoms with van der Waals surface area (Å²) in [6.45, 7) is 5.94. The van der Waals surface area contributed by atoms with E-state index in [0.717, 1.165) is 27.6 Å². The number of ether oxygens (including phenoxy) is 1. The van der Waals surface area contributed by atoms with Crippen molar-refractivity contribution in [2.45, 2.75) is 30.9 Å². The summed E-state index contributed by atoms with van der Waals surface area (Å²) in [5.41, 5.74) is 4.29. The number of hydrogen-bond acceptors (Lipinski definition) is 4. The number of aliphatic hydroxyl groups excluding tert-OH is 1. The molecule has 0 fully saturated rings. The maximum atomic E-state index is 12.8. The Morgan fingerprint density at radius 1 is 1.06 bits per heavy atom. The fraction of sp³-hybridized carbons (Fsp3) is 0.214. The second kappa shape index (κ2) is 10.9. The Hall–Kier alpha value is -2.68. The molecule has 3 aromatic carbocycles. The van der Waals surface area contributed by atoms with Gasteiger partial charge in [-0.15, -0.1) is 0 Å². The molecule has 7 heteroatoms. The van der Waals surface area contributed by atoms with E-state index in [-0.39, 0.29) is 17.9 Å². The van der Waals surface area contributed by atoms with Crippen LogP contribution in [0.5, 0.6) is 11.5 Å². The number of alkyl halides is 1. The van der Waals surface area contributed by atoms with Gasteiger partial charge < -0.3 is 15.2 Å². The zero-order valence-electron chi connectivity index (χ0n) is 19.6. The highest BCUT2D eigenvalue weighted by Gasteiger charge is 2.23. The Morgan fingerprint density at radius 2 is 1.74 bits per heavy atom. The largest absolute Gasteiger partial charge is 0.457 e. The minimum absolute atomic E-state index is 0.0932. The Labute approximate surface area is 223 Å². The Morgan fingerprint density at radius 3 is 2.46 bits per heavy atom. The summed E-state index contributed by atoms with van der Waals surface area (Å²) in [4.78, 5) is 17.3. The molecule has 2 atom stereocenters. The lowest BCUT2D eigenvalue weighted by atomic mass is 9.97. The number of hydrogen-bond donors (Lipinski definition) is 2. The van der Waals surface area contributed by atoms with E-state index < -0.39 is 4.11 Å². The molecule has 0 saturated carbocycles. The third kappa shape index (κ3) is 5.77. The van der Waals surface area contributed by atoms with Crippen molar-refractivity contribution >= 4 is 51.0 Å². The first-order valence-electron chi connectivity index (χ1n) is 11.3. The van der Waals surface area contributed by atoms with Gasteiger partial charge in [-0.05, 0) is 88.5 Å². The van der Waals surface area contributed by atoms with E-state index in [1.807, 2.05) is 98.1 Å². The summed E-state index contributed by atoms with van der Waals surface area (Å²) in [5, 5.41) is 14.5. The number of amides is 1. The summed E-state index contributed by atoms with van der Waals surface area (Å²) >= 11 is 8.30. The van der Waals surface area contributed by atoms with Crippen molar-refractivity contribution in [2.24, 2.45) is 5.92 Å². The van der Waals surface area contributed by atoms with E-state index in [9.17, 15) is 9.90 Å². The number of carbonyl (C=O) groups excluding carboxylic acids is 1. The van der Waals surface area contributed by atoms with E-state index >= 15 is 0 Å². The first-order chi connectivity index (χ1) is 16.7. The summed E-state index contributed by atoms with van der Waals surface area (Å²) in [6.07, 6.45) is 1.83. The van der Waals surface area contributed by atoms with E-state index in [1.165, 1.54) is 0 Å². The maximum absolute atomic E-state index is 12.8. The van der Waals surface area contributed by atoms with Gasteiger partial charge >= 0.3 is 0 Å². The van der Waals surface area contributed by atoms with Crippen LogP contribution in [0.4, 0.5) is 0 Å². The van der Waals surface area contributed by atoms with Crippen LogP contribution in [0.1, 0.15) is 29.8 Å². The third-order valence-corrected chi connectivity index (χ3v) is 6.88. The van der Waals surface area contributed by atoms with Gasteiger partial charge in [-0.2, -0.15) is 0 Å². The van der Waals surface area contributed by atoms with Crippen molar-refractivity contribution in [2.75, 3.05) is 0 Å². The molecule has 1 aromatic heterocycles. The van der Waals surface area contributed by atoms with Crippen molar-refractivity contribution in [1.82, 2.24) is 10.3 Å². The van der Waals surface area contributed by atoms with Gasteiger partial charge in [-0.1, -0.05) is 55.8 Å². The number of nitrogens with zero attached hydrogens (tertiary/aromatic N) is 1. The maximum Gasteiger partial charge on any atom is 0.251 e. The van der Waals surface area contributed by atoms with E-state index in [0.29, 0.717) is 22.1 Å². The predicted molar refractivity (Wildman–Crippen MR) is 150 cm³/mol. The number of aliphatic hydroxyl groups is 1. The van der Waals surface area contributed by atoms with E-state index in [1.54, 1.807) is 18.2 Å². The van der Waals surface area contributed by atoms with Gasteiger partial charge in [0.1, 0.15) is 15.6 Å². The van der Waals surface area contributed by atoms with Gasteiger partial charge in [0, 0.05) is 17.1 Å². The van der Waals surface area contributed by atoms with Crippen LogP contribution < -0.4 is 10.1 Å². The lowest BCUT2D eigenvalue weighted by Crippen LogP contribution is -2.44. The normalized spacial score (nSPS) is 13.0. The molecule has 0 bridgehead atoms. The van der Waals surface area contributed by atoms with Crippen molar-refractivity contribution < 1.29 is 14.6 Å². The molecule has 2 N–H and O–H groups in total. The summed E-state index contributed by atoms with van der Waals surface area (Å²) in [7, 11) is 0. The molecule has 4 aromatic rings. The molecule has 180 valence electrons. The fourth-order valence-corrected chi connectivity index (χ4v) is 5.24. The van der Waals surface area contributed by atoms with Crippen LogP contribution in [0.2, 0.25) is 5.02 Å². The van der Waals surface area contributed by atoms with Crippen molar-refractivity contribution in [3.8, 4) is 22.6 Å². The second-order valence-corrected chi connectivity index (χ2v) is 10.4. The van der Waals surface area contributed by atoms with Crippen LogP contribution >= 0.6 is 34.2 Å². The average molecular weight is 601 g/mol. The number of para-hydroxylation sites is 1. The number of aromatic nitrogens is 1. The molecule has 1 heterocycles. The average Bonchev–Trinajstić information content (AvgIpc) is 2.82. The van der Waals surface area contributed by atoms with Crippen LogP contribution in [0, 0.1) is 12.8 Å². The van der Waals surface area contributed by atoms with Crippen LogP contribution in [-0.2, 0) is 0 Å². The number of aryl methyl sites for hydroxylation is 1. The van der Waals surface area contributed by atoms with Gasteiger partial charge in [-0.3, -0.25) is 9.78 Å². The number of carbonyl (C=O) groups is 1. The molecule has 0 spiro atoms. The number of rotatable bonds is 7. The van der Waals surface area contributed by atoms with E-state index in [4.69, 9.17) is 16.3 Å². The molecule has 4 rings (SSSR count). The summed E-state index contributed by atoms with van der Waals surface area (Å²) < 4.78 is 5.46. The quantitative estimate of drug-likeness (QED) is 0.174. The summed E-state index contributed by atoms with van der Waals surface area (Å²) in [5.74, 6) is 1.03. The molecular formula is C28H26ClIN2O3. The lowest BCUT2D eigenvalue weighted by Gasteiger charge is -2.24. The second-order valence-electron chi connectivity index (χ2n) is 8.73. The Balaban J connectivity index is 1.61. The third-order valence-electron chi connectivity index (χ3n) is 5.80. The monoisotopic (exact) mass is 600 g/mol. The Bertz CT molecular complexity index is 1370. The first-order valence-corrected chi connectivity index (χ1v) is 12.9. The Kier molecular flexibility index (Phi) is 7.94. The van der Waals surface area contributed by atoms with Gasteiger partial charge in [0.05, 0.1) is 16.6 Å².